The number of aryl methyl sites for hydroxylation is 1. The molecule has 4 nitrogen and oxygen atoms in total. The zero-order chi connectivity index (χ0) is 22.8. The standard InChI is InChI=1S/C27H21N3OS2/c1-19-12-14-21(15-13-19)25-22(18-30(28-25)23-10-6-3-7-11-23)16-24-26(31)29(27(32)33-24)17-20-8-4-2-5-9-20/h2-16,18H,17H2,1H3/b24-16+. The Kier molecular flexibility index (Phi) is 5.94. The van der Waals surface area contributed by atoms with Crippen LogP contribution in [-0.2, 0) is 11.3 Å². The van der Waals surface area contributed by atoms with Crippen molar-refractivity contribution in [3.63, 3.8) is 0 Å². The molecular weight excluding hydrogens is 446 g/mol. The minimum Gasteiger partial charge on any atom is -0.288 e. The fourth-order valence-electron chi connectivity index (χ4n) is 3.69. The average molecular weight is 468 g/mol. The number of benzene rings is 3. The first-order chi connectivity index (χ1) is 16.1. The van der Waals surface area contributed by atoms with Crippen molar-refractivity contribution < 1.29 is 4.79 Å². The van der Waals surface area contributed by atoms with E-state index in [2.05, 4.69) is 31.2 Å². The van der Waals surface area contributed by atoms with Crippen molar-refractivity contribution in [2.24, 2.45) is 0 Å². The van der Waals surface area contributed by atoms with Gasteiger partial charge in [-0.2, -0.15) is 5.10 Å². The normalized spacial score (nSPS) is 14.9. The number of rotatable bonds is 5. The van der Waals surface area contributed by atoms with Crippen molar-refractivity contribution in [2.45, 2.75) is 13.5 Å². The summed E-state index contributed by atoms with van der Waals surface area (Å²) in [6.07, 6.45) is 3.88. The monoisotopic (exact) mass is 467 g/mol. The highest BCUT2D eigenvalue weighted by molar-refractivity contribution is 8.26. The molecule has 0 aliphatic carbocycles. The van der Waals surface area contributed by atoms with Crippen LogP contribution in [0.5, 0.6) is 0 Å². The van der Waals surface area contributed by atoms with Crippen LogP contribution >= 0.6 is 24.0 Å². The first-order valence-electron chi connectivity index (χ1n) is 10.6. The van der Waals surface area contributed by atoms with E-state index in [4.69, 9.17) is 17.3 Å². The predicted octanol–water partition coefficient (Wildman–Crippen LogP) is 6.25. The van der Waals surface area contributed by atoms with Gasteiger partial charge in [0.15, 0.2) is 0 Å². The van der Waals surface area contributed by atoms with Crippen LogP contribution in [0.1, 0.15) is 16.7 Å². The Balaban J connectivity index is 1.53. The second-order valence-electron chi connectivity index (χ2n) is 7.83. The molecular formula is C27H21N3OS2. The van der Waals surface area contributed by atoms with Crippen LogP contribution in [0.4, 0.5) is 0 Å². The van der Waals surface area contributed by atoms with Gasteiger partial charge in [0.05, 0.1) is 22.8 Å². The van der Waals surface area contributed by atoms with Gasteiger partial charge in [-0.05, 0) is 30.7 Å². The molecule has 1 aliphatic rings. The Morgan fingerprint density at radius 1 is 0.939 bits per heavy atom. The van der Waals surface area contributed by atoms with Gasteiger partial charge in [-0.25, -0.2) is 4.68 Å². The smallest absolute Gasteiger partial charge is 0.266 e. The lowest BCUT2D eigenvalue weighted by Crippen LogP contribution is -2.27. The van der Waals surface area contributed by atoms with E-state index < -0.39 is 0 Å². The lowest BCUT2D eigenvalue weighted by atomic mass is 10.1. The third-order valence-electron chi connectivity index (χ3n) is 5.43. The Morgan fingerprint density at radius 2 is 1.61 bits per heavy atom. The molecule has 0 unspecified atom stereocenters. The number of carbonyl (C=O) groups excluding carboxylic acids is 1. The number of amides is 1. The summed E-state index contributed by atoms with van der Waals surface area (Å²) in [6.45, 7) is 2.53. The van der Waals surface area contributed by atoms with Crippen LogP contribution < -0.4 is 0 Å². The lowest BCUT2D eigenvalue weighted by molar-refractivity contribution is -0.122. The first-order valence-corrected chi connectivity index (χ1v) is 11.8. The molecule has 1 fully saturated rings. The first kappa shape index (κ1) is 21.4. The van der Waals surface area contributed by atoms with Gasteiger partial charge in [0.2, 0.25) is 0 Å². The van der Waals surface area contributed by atoms with Crippen LogP contribution in [0.15, 0.2) is 96.0 Å². The molecule has 33 heavy (non-hydrogen) atoms. The Labute approximate surface area is 202 Å². The van der Waals surface area contributed by atoms with Crippen molar-refractivity contribution in [3.05, 3.63) is 113 Å². The minimum absolute atomic E-state index is 0.0730. The van der Waals surface area contributed by atoms with Gasteiger partial charge >= 0.3 is 0 Å². The van der Waals surface area contributed by atoms with Crippen molar-refractivity contribution in [1.82, 2.24) is 14.7 Å². The van der Waals surface area contributed by atoms with Crippen LogP contribution in [0.2, 0.25) is 0 Å². The number of thioether (sulfide) groups is 1. The van der Waals surface area contributed by atoms with Gasteiger partial charge < -0.3 is 0 Å². The number of hydrogen-bond donors (Lipinski definition) is 0. The summed E-state index contributed by atoms with van der Waals surface area (Å²) in [5, 5.41) is 4.86. The molecule has 1 aromatic heterocycles. The number of hydrogen-bond acceptors (Lipinski definition) is 4. The predicted molar refractivity (Wildman–Crippen MR) is 139 cm³/mol. The number of para-hydroxylation sites is 1. The maximum absolute atomic E-state index is 13.2. The molecule has 0 radical (unpaired) electrons. The van der Waals surface area contributed by atoms with E-state index in [-0.39, 0.29) is 5.91 Å². The SMILES string of the molecule is Cc1ccc(-c2nn(-c3ccccc3)cc2/C=C2/SC(=S)N(Cc3ccccc3)C2=O)cc1. The summed E-state index contributed by atoms with van der Waals surface area (Å²) >= 11 is 6.88. The lowest BCUT2D eigenvalue weighted by Gasteiger charge is -2.14. The maximum Gasteiger partial charge on any atom is 0.266 e. The van der Waals surface area contributed by atoms with Gasteiger partial charge in [0.25, 0.3) is 5.91 Å². The molecule has 6 heteroatoms. The summed E-state index contributed by atoms with van der Waals surface area (Å²) in [7, 11) is 0. The second kappa shape index (κ2) is 9.17. The zero-order valence-corrected chi connectivity index (χ0v) is 19.6. The molecule has 0 bridgehead atoms. The van der Waals surface area contributed by atoms with E-state index in [1.807, 2.05) is 77.6 Å². The molecule has 3 aromatic carbocycles. The Morgan fingerprint density at radius 3 is 2.30 bits per heavy atom. The topological polar surface area (TPSA) is 38.1 Å². The summed E-state index contributed by atoms with van der Waals surface area (Å²) in [6, 6.07) is 28.1. The summed E-state index contributed by atoms with van der Waals surface area (Å²) < 4.78 is 2.42. The van der Waals surface area contributed by atoms with E-state index in [0.29, 0.717) is 15.8 Å². The molecule has 0 N–H and O–H groups in total. The molecule has 5 rings (SSSR count). The fourth-order valence-corrected chi connectivity index (χ4v) is 4.93. The van der Waals surface area contributed by atoms with E-state index in [1.54, 1.807) is 4.90 Å². The van der Waals surface area contributed by atoms with Gasteiger partial charge in [0, 0.05) is 17.3 Å². The molecule has 0 atom stereocenters. The minimum atomic E-state index is -0.0730. The number of nitrogens with zero attached hydrogens (tertiary/aromatic N) is 3. The third-order valence-corrected chi connectivity index (χ3v) is 6.81. The average Bonchev–Trinajstić information content (AvgIpc) is 3.37. The van der Waals surface area contributed by atoms with Crippen LogP contribution in [0, 0.1) is 6.92 Å². The van der Waals surface area contributed by atoms with Crippen LogP contribution in [-0.4, -0.2) is 24.9 Å². The molecule has 4 aromatic rings. The van der Waals surface area contributed by atoms with Crippen LogP contribution in [0.3, 0.4) is 0 Å². The second-order valence-corrected chi connectivity index (χ2v) is 9.51. The maximum atomic E-state index is 13.2. The molecule has 0 saturated carbocycles. The molecule has 1 amide bonds. The largest absolute Gasteiger partial charge is 0.288 e. The molecule has 0 spiro atoms. The number of thiocarbonyl (C=S) groups is 1. The van der Waals surface area contributed by atoms with Crippen molar-refractivity contribution in [3.8, 4) is 16.9 Å². The van der Waals surface area contributed by atoms with Gasteiger partial charge in [-0.3, -0.25) is 9.69 Å². The highest BCUT2D eigenvalue weighted by Gasteiger charge is 2.32. The number of carbonyl (C=O) groups is 1. The Bertz CT molecular complexity index is 1340. The van der Waals surface area contributed by atoms with Crippen molar-refractivity contribution >= 4 is 40.3 Å². The molecule has 162 valence electrons. The Hall–Kier alpha value is -3.48. The van der Waals surface area contributed by atoms with Gasteiger partial charge in [0.1, 0.15) is 4.32 Å². The summed E-state index contributed by atoms with van der Waals surface area (Å²) in [5.74, 6) is -0.0730. The zero-order valence-electron chi connectivity index (χ0n) is 18.0. The van der Waals surface area contributed by atoms with Gasteiger partial charge in [-0.1, -0.05) is 102 Å². The third kappa shape index (κ3) is 4.53. The highest BCUT2D eigenvalue weighted by Crippen LogP contribution is 2.35. The molecule has 1 aliphatic heterocycles. The number of aromatic nitrogens is 2. The van der Waals surface area contributed by atoms with E-state index in [0.717, 1.165) is 28.1 Å². The van der Waals surface area contributed by atoms with E-state index >= 15 is 0 Å². The van der Waals surface area contributed by atoms with Crippen LogP contribution in [0.25, 0.3) is 23.0 Å². The van der Waals surface area contributed by atoms with Crippen molar-refractivity contribution in [2.75, 3.05) is 0 Å². The highest BCUT2D eigenvalue weighted by atomic mass is 32.2. The summed E-state index contributed by atoms with van der Waals surface area (Å²) in [5.41, 5.74) is 5.90. The van der Waals surface area contributed by atoms with E-state index in [1.165, 1.54) is 17.3 Å². The fraction of sp³-hybridized carbons (Fsp3) is 0.0741. The summed E-state index contributed by atoms with van der Waals surface area (Å²) in [4.78, 5) is 15.5. The molecule has 1 saturated heterocycles. The quantitative estimate of drug-likeness (QED) is 0.257. The van der Waals surface area contributed by atoms with E-state index in [9.17, 15) is 4.79 Å². The van der Waals surface area contributed by atoms with Crippen molar-refractivity contribution in [1.29, 1.82) is 0 Å². The van der Waals surface area contributed by atoms with Gasteiger partial charge in [-0.15, -0.1) is 0 Å². The molecule has 2 heterocycles.